The van der Waals surface area contributed by atoms with Gasteiger partial charge in [0.25, 0.3) is 5.91 Å². The van der Waals surface area contributed by atoms with Crippen molar-refractivity contribution in [2.75, 3.05) is 14.1 Å². The molecular weight excluding hydrogens is 364 g/mol. The summed E-state index contributed by atoms with van der Waals surface area (Å²) in [6.45, 7) is 1.67. The molecule has 1 fully saturated rings. The molecule has 2 aliphatic heterocycles. The second kappa shape index (κ2) is 7.19. The van der Waals surface area contributed by atoms with Gasteiger partial charge in [0.05, 0.1) is 18.5 Å². The minimum Gasteiger partial charge on any atom is -0.468 e. The van der Waals surface area contributed by atoms with E-state index in [1.165, 1.54) is 0 Å². The van der Waals surface area contributed by atoms with E-state index in [0.717, 1.165) is 55.2 Å². The van der Waals surface area contributed by atoms with E-state index in [0.29, 0.717) is 17.8 Å². The summed E-state index contributed by atoms with van der Waals surface area (Å²) in [5.41, 5.74) is 2.72. The van der Waals surface area contributed by atoms with Crippen molar-refractivity contribution in [1.29, 1.82) is 0 Å². The average molecular weight is 390 g/mol. The van der Waals surface area contributed by atoms with Crippen LogP contribution in [0.1, 0.15) is 34.8 Å². The number of amides is 1. The molecular formula is C23H26N4O2. The number of hydrogen-bond acceptors (Lipinski definition) is 4. The standard InChI is InChI=1S/C23H26N4O2/c1-25(2)23(28)21-20-13-17-10-11-18(26(17)15-19-9-6-12-29-19)14-27(20)22(24-21)16-7-4-3-5-8-16/h3-9,12,17-18H,10-11,13-15H2,1-2H3/t17-,18+/m0/s1. The maximum Gasteiger partial charge on any atom is 0.273 e. The molecule has 0 N–H and O–H groups in total. The number of fused-ring (bicyclic) bond motifs is 3. The van der Waals surface area contributed by atoms with Crippen molar-refractivity contribution in [3.05, 3.63) is 65.9 Å². The summed E-state index contributed by atoms with van der Waals surface area (Å²) in [5.74, 6) is 1.88. The third-order valence-corrected chi connectivity index (χ3v) is 6.23. The number of carbonyl (C=O) groups is 1. The van der Waals surface area contributed by atoms with Gasteiger partial charge in [-0.2, -0.15) is 0 Å². The van der Waals surface area contributed by atoms with E-state index in [1.54, 1.807) is 25.3 Å². The minimum atomic E-state index is -0.0220. The number of hydrogen-bond donors (Lipinski definition) is 0. The monoisotopic (exact) mass is 390 g/mol. The van der Waals surface area contributed by atoms with Crippen LogP contribution in [0.15, 0.2) is 53.1 Å². The largest absolute Gasteiger partial charge is 0.468 e. The lowest BCUT2D eigenvalue weighted by molar-refractivity contribution is 0.0821. The van der Waals surface area contributed by atoms with Crippen LogP contribution in [0.3, 0.4) is 0 Å². The molecule has 3 aromatic rings. The molecule has 0 spiro atoms. The molecule has 150 valence electrons. The van der Waals surface area contributed by atoms with Crippen LogP contribution in [0, 0.1) is 0 Å². The van der Waals surface area contributed by atoms with Gasteiger partial charge in [0.2, 0.25) is 0 Å². The molecule has 2 aromatic heterocycles. The summed E-state index contributed by atoms with van der Waals surface area (Å²) in [4.78, 5) is 22.0. The second-order valence-corrected chi connectivity index (χ2v) is 8.25. The van der Waals surface area contributed by atoms with E-state index >= 15 is 0 Å². The molecule has 2 atom stereocenters. The fourth-order valence-corrected chi connectivity index (χ4v) is 4.79. The molecule has 0 radical (unpaired) electrons. The van der Waals surface area contributed by atoms with Gasteiger partial charge in [0.15, 0.2) is 0 Å². The van der Waals surface area contributed by atoms with Crippen LogP contribution in [-0.2, 0) is 19.5 Å². The van der Waals surface area contributed by atoms with Crippen LogP contribution < -0.4 is 0 Å². The molecule has 2 aliphatic rings. The first-order valence-corrected chi connectivity index (χ1v) is 10.3. The van der Waals surface area contributed by atoms with Gasteiger partial charge in [-0.05, 0) is 25.0 Å². The highest BCUT2D eigenvalue weighted by atomic mass is 16.3. The first kappa shape index (κ1) is 18.2. The predicted molar refractivity (Wildman–Crippen MR) is 110 cm³/mol. The Morgan fingerprint density at radius 2 is 1.93 bits per heavy atom. The number of benzene rings is 1. The highest BCUT2D eigenvalue weighted by Crippen LogP contribution is 2.36. The lowest BCUT2D eigenvalue weighted by atomic mass is 10.0. The Bertz CT molecular complexity index is 1010. The maximum absolute atomic E-state index is 12.9. The SMILES string of the molecule is CN(C)C(=O)c1nc(-c2ccccc2)n2c1C[C@@H]1CC[C@H](C2)N1Cc1ccco1. The number of furan rings is 1. The normalized spacial score (nSPS) is 21.0. The highest BCUT2D eigenvalue weighted by molar-refractivity contribution is 5.94. The summed E-state index contributed by atoms with van der Waals surface area (Å²) < 4.78 is 7.92. The molecule has 2 bridgehead atoms. The summed E-state index contributed by atoms with van der Waals surface area (Å²) >= 11 is 0. The van der Waals surface area contributed by atoms with Crippen molar-refractivity contribution in [2.24, 2.45) is 0 Å². The lowest BCUT2D eigenvalue weighted by Gasteiger charge is -2.26. The van der Waals surface area contributed by atoms with Gasteiger partial charge >= 0.3 is 0 Å². The quantitative estimate of drug-likeness (QED) is 0.685. The van der Waals surface area contributed by atoms with Gasteiger partial charge < -0.3 is 13.9 Å². The van der Waals surface area contributed by atoms with Gasteiger partial charge in [-0.15, -0.1) is 0 Å². The van der Waals surface area contributed by atoms with E-state index in [1.807, 2.05) is 30.3 Å². The Morgan fingerprint density at radius 1 is 1.14 bits per heavy atom. The molecule has 0 saturated carbocycles. The Morgan fingerprint density at radius 3 is 2.66 bits per heavy atom. The Balaban J connectivity index is 1.57. The Kier molecular flexibility index (Phi) is 4.51. The Labute approximate surface area is 170 Å². The third kappa shape index (κ3) is 3.17. The lowest BCUT2D eigenvalue weighted by Crippen LogP contribution is -2.36. The van der Waals surface area contributed by atoms with Gasteiger partial charge in [-0.1, -0.05) is 30.3 Å². The molecule has 0 aliphatic carbocycles. The smallest absolute Gasteiger partial charge is 0.273 e. The average Bonchev–Trinajstić information content (AvgIpc) is 3.41. The number of imidazole rings is 1. The predicted octanol–water partition coefficient (Wildman–Crippen LogP) is 3.43. The zero-order valence-corrected chi connectivity index (χ0v) is 16.9. The number of aromatic nitrogens is 2. The molecule has 1 aromatic carbocycles. The summed E-state index contributed by atoms with van der Waals surface area (Å²) in [7, 11) is 3.59. The molecule has 29 heavy (non-hydrogen) atoms. The van der Waals surface area contributed by atoms with Crippen molar-refractivity contribution in [3.8, 4) is 11.4 Å². The maximum atomic E-state index is 12.9. The summed E-state index contributed by atoms with van der Waals surface area (Å²) in [5, 5.41) is 0. The molecule has 0 unspecified atom stereocenters. The third-order valence-electron chi connectivity index (χ3n) is 6.23. The van der Waals surface area contributed by atoms with E-state index in [-0.39, 0.29) is 5.91 Å². The van der Waals surface area contributed by atoms with Gasteiger partial charge in [0.1, 0.15) is 17.3 Å². The second-order valence-electron chi connectivity index (χ2n) is 8.25. The van der Waals surface area contributed by atoms with Crippen LogP contribution in [0.4, 0.5) is 0 Å². The van der Waals surface area contributed by atoms with Crippen LogP contribution in [0.5, 0.6) is 0 Å². The summed E-state index contributed by atoms with van der Waals surface area (Å²) in [6, 6.07) is 15.0. The van der Waals surface area contributed by atoms with Crippen LogP contribution in [-0.4, -0.2) is 51.4 Å². The van der Waals surface area contributed by atoms with Gasteiger partial charge in [0, 0.05) is 44.7 Å². The minimum absolute atomic E-state index is 0.0220. The van der Waals surface area contributed by atoms with Gasteiger partial charge in [-0.25, -0.2) is 4.98 Å². The summed E-state index contributed by atoms with van der Waals surface area (Å²) in [6.07, 6.45) is 4.89. The van der Waals surface area contributed by atoms with Crippen molar-refractivity contribution in [2.45, 2.75) is 44.4 Å². The van der Waals surface area contributed by atoms with Crippen LogP contribution >= 0.6 is 0 Å². The fraction of sp³-hybridized carbons (Fsp3) is 0.391. The zero-order valence-electron chi connectivity index (χ0n) is 16.9. The molecule has 1 amide bonds. The van der Waals surface area contributed by atoms with Gasteiger partial charge in [-0.3, -0.25) is 9.69 Å². The Hall–Kier alpha value is -2.86. The number of carbonyl (C=O) groups excluding carboxylic acids is 1. The zero-order chi connectivity index (χ0) is 20.0. The fourth-order valence-electron chi connectivity index (χ4n) is 4.79. The van der Waals surface area contributed by atoms with Crippen molar-refractivity contribution < 1.29 is 9.21 Å². The molecule has 5 rings (SSSR count). The van der Waals surface area contributed by atoms with E-state index in [2.05, 4.69) is 21.6 Å². The molecule has 1 saturated heterocycles. The highest BCUT2D eigenvalue weighted by Gasteiger charge is 2.40. The molecule has 6 heteroatoms. The number of rotatable bonds is 4. The molecule has 4 heterocycles. The first-order chi connectivity index (χ1) is 14.1. The van der Waals surface area contributed by atoms with Crippen molar-refractivity contribution in [1.82, 2.24) is 19.4 Å². The van der Waals surface area contributed by atoms with E-state index < -0.39 is 0 Å². The van der Waals surface area contributed by atoms with E-state index in [9.17, 15) is 4.79 Å². The van der Waals surface area contributed by atoms with Crippen molar-refractivity contribution in [3.63, 3.8) is 0 Å². The van der Waals surface area contributed by atoms with E-state index in [4.69, 9.17) is 9.40 Å². The number of nitrogens with zero attached hydrogens (tertiary/aromatic N) is 4. The first-order valence-electron chi connectivity index (χ1n) is 10.3. The molecule has 6 nitrogen and oxygen atoms in total. The van der Waals surface area contributed by atoms with Crippen molar-refractivity contribution >= 4 is 5.91 Å². The topological polar surface area (TPSA) is 54.5 Å². The van der Waals surface area contributed by atoms with Crippen LogP contribution in [0.2, 0.25) is 0 Å². The van der Waals surface area contributed by atoms with Crippen LogP contribution in [0.25, 0.3) is 11.4 Å².